The number of para-hydroxylation sites is 1. The monoisotopic (exact) mass is 409 g/mol. The van der Waals surface area contributed by atoms with Crippen LogP contribution in [0.5, 0.6) is 0 Å². The Balaban J connectivity index is 1.61. The number of primary amides is 1. The van der Waals surface area contributed by atoms with Crippen LogP contribution in [-0.4, -0.2) is 48.3 Å². The molecule has 8 nitrogen and oxygen atoms in total. The summed E-state index contributed by atoms with van der Waals surface area (Å²) < 4.78 is 5.17. The maximum absolute atomic E-state index is 12.5. The van der Waals surface area contributed by atoms with Crippen molar-refractivity contribution in [3.63, 3.8) is 0 Å². The molecule has 30 heavy (non-hydrogen) atoms. The molecule has 0 aromatic heterocycles. The Hall–Kier alpha value is -3.68. The van der Waals surface area contributed by atoms with Crippen LogP contribution in [0.25, 0.3) is 0 Å². The summed E-state index contributed by atoms with van der Waals surface area (Å²) in [5, 5.41) is 2.69. The van der Waals surface area contributed by atoms with Crippen molar-refractivity contribution in [3.05, 3.63) is 65.7 Å². The number of piperidine rings is 1. The largest absolute Gasteiger partial charge is 0.452 e. The molecule has 3 N–H and O–H groups in total. The maximum atomic E-state index is 12.5. The van der Waals surface area contributed by atoms with E-state index >= 15 is 0 Å². The van der Waals surface area contributed by atoms with Crippen LogP contribution in [0.1, 0.15) is 33.6 Å². The summed E-state index contributed by atoms with van der Waals surface area (Å²) in [7, 11) is 0. The highest BCUT2D eigenvalue weighted by Gasteiger charge is 2.27. The zero-order chi connectivity index (χ0) is 21.5. The number of hydrogen-bond donors (Lipinski definition) is 2. The molecule has 1 saturated heterocycles. The number of carbonyl (C=O) groups is 4. The maximum Gasteiger partial charge on any atom is 0.340 e. The number of nitrogens with zero attached hydrogens (tertiary/aromatic N) is 1. The molecule has 156 valence electrons. The molecular weight excluding hydrogens is 386 g/mol. The first kappa shape index (κ1) is 21.0. The summed E-state index contributed by atoms with van der Waals surface area (Å²) >= 11 is 0. The van der Waals surface area contributed by atoms with Gasteiger partial charge in [-0.2, -0.15) is 0 Å². The lowest BCUT2D eigenvalue weighted by molar-refractivity contribution is -0.137. The van der Waals surface area contributed by atoms with Crippen molar-refractivity contribution in [2.45, 2.75) is 12.8 Å². The van der Waals surface area contributed by atoms with Gasteiger partial charge in [-0.1, -0.05) is 30.3 Å². The van der Waals surface area contributed by atoms with Crippen molar-refractivity contribution >= 4 is 29.4 Å². The third-order valence-electron chi connectivity index (χ3n) is 4.93. The van der Waals surface area contributed by atoms with Gasteiger partial charge in [0, 0.05) is 18.7 Å². The lowest BCUT2D eigenvalue weighted by Crippen LogP contribution is -2.45. The van der Waals surface area contributed by atoms with Crippen molar-refractivity contribution in [3.8, 4) is 0 Å². The predicted octanol–water partition coefficient (Wildman–Crippen LogP) is 1.82. The molecule has 0 saturated carbocycles. The average molecular weight is 409 g/mol. The van der Waals surface area contributed by atoms with E-state index in [1.807, 2.05) is 0 Å². The molecule has 1 heterocycles. The number of likely N-dealkylation sites (tertiary alicyclic amines) is 1. The molecule has 1 fully saturated rings. The Bertz CT molecular complexity index is 945. The molecule has 0 spiro atoms. The number of nitrogens with two attached hydrogens (primary N) is 1. The van der Waals surface area contributed by atoms with Gasteiger partial charge in [-0.3, -0.25) is 14.4 Å². The van der Waals surface area contributed by atoms with Crippen molar-refractivity contribution < 1.29 is 23.9 Å². The minimum atomic E-state index is -0.726. The van der Waals surface area contributed by atoms with E-state index in [9.17, 15) is 19.2 Å². The van der Waals surface area contributed by atoms with Crippen LogP contribution in [-0.2, 0) is 14.3 Å². The third kappa shape index (κ3) is 5.22. The van der Waals surface area contributed by atoms with E-state index in [2.05, 4.69) is 5.32 Å². The van der Waals surface area contributed by atoms with Gasteiger partial charge < -0.3 is 20.7 Å². The first-order valence-corrected chi connectivity index (χ1v) is 9.65. The Morgan fingerprint density at radius 2 is 1.73 bits per heavy atom. The smallest absolute Gasteiger partial charge is 0.340 e. The van der Waals surface area contributed by atoms with Crippen LogP contribution >= 0.6 is 0 Å². The molecule has 0 radical (unpaired) electrons. The van der Waals surface area contributed by atoms with Crippen molar-refractivity contribution in [1.82, 2.24) is 4.90 Å². The van der Waals surface area contributed by atoms with E-state index < -0.39 is 18.5 Å². The molecule has 2 aromatic carbocycles. The first-order valence-electron chi connectivity index (χ1n) is 9.65. The SMILES string of the molecule is NC(=O)[C@@H]1CCCN(C(=O)COC(=O)c2ccccc2NC(=O)c2ccccc2)C1. The van der Waals surface area contributed by atoms with Gasteiger partial charge in [0.25, 0.3) is 11.8 Å². The number of rotatable bonds is 6. The van der Waals surface area contributed by atoms with Crippen molar-refractivity contribution in [2.75, 3.05) is 25.0 Å². The fraction of sp³-hybridized carbons (Fsp3) is 0.273. The highest BCUT2D eigenvalue weighted by Crippen LogP contribution is 2.19. The third-order valence-corrected chi connectivity index (χ3v) is 4.93. The molecule has 3 rings (SSSR count). The van der Waals surface area contributed by atoms with Crippen molar-refractivity contribution in [1.29, 1.82) is 0 Å². The molecule has 3 amide bonds. The Kier molecular flexibility index (Phi) is 6.79. The van der Waals surface area contributed by atoms with E-state index in [0.29, 0.717) is 24.9 Å². The zero-order valence-electron chi connectivity index (χ0n) is 16.4. The minimum Gasteiger partial charge on any atom is -0.452 e. The highest BCUT2D eigenvalue weighted by atomic mass is 16.5. The number of hydrogen-bond acceptors (Lipinski definition) is 5. The summed E-state index contributed by atoms with van der Waals surface area (Å²) in [5.41, 5.74) is 6.21. The number of amides is 3. The minimum absolute atomic E-state index is 0.142. The van der Waals surface area contributed by atoms with E-state index in [4.69, 9.17) is 10.5 Å². The second-order valence-corrected chi connectivity index (χ2v) is 7.02. The van der Waals surface area contributed by atoms with Gasteiger partial charge in [-0.15, -0.1) is 0 Å². The van der Waals surface area contributed by atoms with Gasteiger partial charge in [0.1, 0.15) is 0 Å². The molecule has 1 aliphatic heterocycles. The molecule has 0 unspecified atom stereocenters. The normalized spacial score (nSPS) is 15.9. The quantitative estimate of drug-likeness (QED) is 0.706. The van der Waals surface area contributed by atoms with Crippen molar-refractivity contribution in [2.24, 2.45) is 11.7 Å². The lowest BCUT2D eigenvalue weighted by atomic mass is 9.97. The number of esters is 1. The number of ether oxygens (including phenoxy) is 1. The number of nitrogens with one attached hydrogen (secondary N) is 1. The van der Waals surface area contributed by atoms with Gasteiger partial charge in [0.05, 0.1) is 17.2 Å². The lowest BCUT2D eigenvalue weighted by Gasteiger charge is -2.31. The van der Waals surface area contributed by atoms with Gasteiger partial charge in [-0.25, -0.2) is 4.79 Å². The van der Waals surface area contributed by atoms with Gasteiger partial charge in [0.2, 0.25) is 5.91 Å². The second kappa shape index (κ2) is 9.69. The van der Waals surface area contributed by atoms with E-state index in [1.54, 1.807) is 48.5 Å². The van der Waals surface area contributed by atoms with Crippen LogP contribution < -0.4 is 11.1 Å². The predicted molar refractivity (Wildman–Crippen MR) is 110 cm³/mol. The average Bonchev–Trinajstić information content (AvgIpc) is 2.78. The van der Waals surface area contributed by atoms with Crippen LogP contribution in [0.2, 0.25) is 0 Å². The molecule has 0 aliphatic carbocycles. The van der Waals surface area contributed by atoms with Gasteiger partial charge in [0.15, 0.2) is 6.61 Å². The molecule has 2 aromatic rings. The van der Waals surface area contributed by atoms with Crippen LogP contribution in [0.4, 0.5) is 5.69 Å². The Labute approximate surface area is 174 Å². The summed E-state index contributed by atoms with van der Waals surface area (Å²) in [6.07, 6.45) is 1.31. The van der Waals surface area contributed by atoms with Crippen LogP contribution in [0.15, 0.2) is 54.6 Å². The standard InChI is InChI=1S/C22H23N3O5/c23-20(27)16-9-6-12-25(13-16)19(26)14-30-22(29)17-10-4-5-11-18(17)24-21(28)15-7-2-1-3-8-15/h1-5,7-8,10-11,16H,6,9,12-14H2,(H2,23,27)(H,24,28)/t16-/m1/s1. The van der Waals surface area contributed by atoms with Crippen LogP contribution in [0, 0.1) is 5.92 Å². The number of carbonyl (C=O) groups excluding carboxylic acids is 4. The Morgan fingerprint density at radius 3 is 2.47 bits per heavy atom. The van der Waals surface area contributed by atoms with Gasteiger partial charge in [-0.05, 0) is 37.1 Å². The summed E-state index contributed by atoms with van der Waals surface area (Å²) in [5.74, 6) is -2.30. The van der Waals surface area contributed by atoms with Crippen LogP contribution in [0.3, 0.4) is 0 Å². The topological polar surface area (TPSA) is 119 Å². The molecule has 0 bridgehead atoms. The summed E-state index contributed by atoms with van der Waals surface area (Å²) in [4.78, 5) is 50.1. The van der Waals surface area contributed by atoms with E-state index in [-0.39, 0.29) is 35.5 Å². The second-order valence-electron chi connectivity index (χ2n) is 7.02. The molecule has 1 atom stereocenters. The zero-order valence-corrected chi connectivity index (χ0v) is 16.4. The fourth-order valence-corrected chi connectivity index (χ4v) is 3.29. The molecule has 1 aliphatic rings. The van der Waals surface area contributed by atoms with Gasteiger partial charge >= 0.3 is 5.97 Å². The molecular formula is C22H23N3O5. The fourth-order valence-electron chi connectivity index (χ4n) is 3.29. The summed E-state index contributed by atoms with van der Waals surface area (Å²) in [6, 6.07) is 15.0. The van der Waals surface area contributed by atoms with E-state index in [0.717, 1.165) is 0 Å². The number of anilines is 1. The Morgan fingerprint density at radius 1 is 1.03 bits per heavy atom. The van der Waals surface area contributed by atoms with E-state index in [1.165, 1.54) is 11.0 Å². The highest BCUT2D eigenvalue weighted by molar-refractivity contribution is 6.08. The molecule has 8 heteroatoms. The number of benzene rings is 2. The summed E-state index contributed by atoms with van der Waals surface area (Å²) in [6.45, 7) is 0.268. The first-order chi connectivity index (χ1) is 14.5.